The summed E-state index contributed by atoms with van der Waals surface area (Å²) in [7, 11) is 1.22. The Morgan fingerprint density at radius 2 is 1.90 bits per heavy atom. The summed E-state index contributed by atoms with van der Waals surface area (Å²) in [4.78, 5) is 34.8. The Balaban J connectivity index is 0.000000707. The second kappa shape index (κ2) is 13.5. The molecule has 1 saturated heterocycles. The summed E-state index contributed by atoms with van der Waals surface area (Å²) >= 11 is 8.16. The first-order valence-electron chi connectivity index (χ1n) is 16.7. The molecule has 2 atom stereocenters. The number of H-pyrrole nitrogens is 1. The van der Waals surface area contributed by atoms with Crippen molar-refractivity contribution < 1.29 is 23.5 Å². The van der Waals surface area contributed by atoms with Crippen LogP contribution in [0.1, 0.15) is 86.1 Å². The van der Waals surface area contributed by atoms with Crippen LogP contribution in [0.25, 0.3) is 33.4 Å². The fourth-order valence-corrected chi connectivity index (χ4v) is 8.35. The maximum atomic E-state index is 16.2. The molecule has 2 fully saturated rings. The number of nitrogens with zero attached hydrogens (tertiary/aromatic N) is 3. The van der Waals surface area contributed by atoms with E-state index < -0.39 is 12.3 Å². The molecule has 1 saturated carbocycles. The van der Waals surface area contributed by atoms with Gasteiger partial charge in [-0.05, 0) is 86.1 Å². The van der Waals surface area contributed by atoms with E-state index in [1.165, 1.54) is 31.2 Å². The Hall–Kier alpha value is -4.35. The summed E-state index contributed by atoms with van der Waals surface area (Å²) in [5, 5.41) is 1.58. The van der Waals surface area contributed by atoms with Crippen molar-refractivity contribution in [1.29, 1.82) is 0 Å². The van der Waals surface area contributed by atoms with Gasteiger partial charge in [0.15, 0.2) is 0 Å². The van der Waals surface area contributed by atoms with Crippen molar-refractivity contribution in [2.45, 2.75) is 70.6 Å². The molecule has 1 aliphatic carbocycles. The number of carbonyl (C=O) groups is 2. The molecule has 256 valence electrons. The fourth-order valence-electron chi connectivity index (χ4n) is 6.97. The lowest BCUT2D eigenvalue weighted by atomic mass is 9.84. The molecular formula is C37H39ClFN5O4S. The van der Waals surface area contributed by atoms with Crippen molar-refractivity contribution in [3.8, 4) is 28.3 Å². The number of primary amides is 1. The summed E-state index contributed by atoms with van der Waals surface area (Å²) in [6, 6.07) is 15.5. The van der Waals surface area contributed by atoms with Gasteiger partial charge < -0.3 is 25.1 Å². The lowest BCUT2D eigenvalue weighted by Gasteiger charge is -2.30. The van der Waals surface area contributed by atoms with Crippen LogP contribution in [-0.2, 0) is 9.53 Å². The van der Waals surface area contributed by atoms with Crippen LogP contribution >= 0.6 is 22.9 Å². The van der Waals surface area contributed by atoms with E-state index in [0.717, 1.165) is 46.7 Å². The summed E-state index contributed by atoms with van der Waals surface area (Å²) in [6.07, 6.45) is 6.63. The largest absolute Gasteiger partial charge is 0.464 e. The van der Waals surface area contributed by atoms with Crippen molar-refractivity contribution in [1.82, 2.24) is 19.4 Å². The number of aromatic amines is 1. The number of imidazole rings is 1. The number of thiophene rings is 1. The van der Waals surface area contributed by atoms with Gasteiger partial charge in [0.25, 0.3) is 0 Å². The quantitative estimate of drug-likeness (QED) is 0.183. The highest BCUT2D eigenvalue weighted by Gasteiger charge is 2.35. The Bertz CT molecular complexity index is 2030. The monoisotopic (exact) mass is 703 g/mol. The van der Waals surface area contributed by atoms with E-state index in [4.69, 9.17) is 16.3 Å². The van der Waals surface area contributed by atoms with Gasteiger partial charge in [0, 0.05) is 33.8 Å². The van der Waals surface area contributed by atoms with E-state index in [1.807, 2.05) is 35.2 Å². The smallest absolute Gasteiger partial charge is 0.404 e. The van der Waals surface area contributed by atoms with Crippen molar-refractivity contribution in [2.24, 2.45) is 11.7 Å². The third-order valence-electron chi connectivity index (χ3n) is 9.56. The molecule has 2 aromatic carbocycles. The van der Waals surface area contributed by atoms with E-state index in [1.54, 1.807) is 23.6 Å². The number of hydrogen-bond donors (Lipinski definition) is 2. The highest BCUT2D eigenvalue weighted by Crippen LogP contribution is 2.49. The van der Waals surface area contributed by atoms with Gasteiger partial charge in [0.2, 0.25) is 12.1 Å². The summed E-state index contributed by atoms with van der Waals surface area (Å²) < 4.78 is 28.9. The van der Waals surface area contributed by atoms with Crippen LogP contribution in [0.5, 0.6) is 5.75 Å². The first-order chi connectivity index (χ1) is 23.6. The van der Waals surface area contributed by atoms with E-state index in [9.17, 15) is 9.59 Å². The normalized spacial score (nSPS) is 18.4. The van der Waals surface area contributed by atoms with Crippen molar-refractivity contribution >= 4 is 45.8 Å². The number of fused-ring (bicyclic) bond motifs is 5. The highest BCUT2D eigenvalue weighted by molar-refractivity contribution is 7.12. The molecule has 2 amide bonds. The van der Waals surface area contributed by atoms with E-state index in [0.29, 0.717) is 45.8 Å². The van der Waals surface area contributed by atoms with Gasteiger partial charge in [-0.3, -0.25) is 9.36 Å². The Morgan fingerprint density at radius 1 is 1.12 bits per heavy atom. The van der Waals surface area contributed by atoms with E-state index in [-0.39, 0.29) is 17.8 Å². The average molecular weight is 704 g/mol. The predicted octanol–water partition coefficient (Wildman–Crippen LogP) is 9.18. The molecule has 3 aromatic heterocycles. The first-order valence-corrected chi connectivity index (χ1v) is 17.9. The third-order valence-corrected chi connectivity index (χ3v) is 11.1. The number of aromatic nitrogens is 3. The zero-order valence-electron chi connectivity index (χ0n) is 27.7. The fraction of sp³-hybridized carbons (Fsp3) is 0.378. The average Bonchev–Trinajstić information content (AvgIpc) is 3.85. The number of halogens is 2. The number of amides is 2. The minimum absolute atomic E-state index is 0.0932. The van der Waals surface area contributed by atoms with Crippen LogP contribution in [0.15, 0.2) is 54.7 Å². The minimum atomic E-state index is -0.745. The van der Waals surface area contributed by atoms with Crippen molar-refractivity contribution in [2.75, 3.05) is 13.7 Å². The van der Waals surface area contributed by atoms with Crippen LogP contribution in [0.4, 0.5) is 9.18 Å². The molecule has 5 heterocycles. The second-order valence-corrected chi connectivity index (χ2v) is 14.9. The number of carbonyl (C=O) groups excluding carboxylic acids is 2. The van der Waals surface area contributed by atoms with Crippen LogP contribution in [-0.4, -0.2) is 45.1 Å². The number of nitrogens with one attached hydrogen (secondary N) is 1. The maximum absolute atomic E-state index is 16.2. The zero-order chi connectivity index (χ0) is 34.4. The molecule has 0 radical (unpaired) electrons. The molecule has 2 aliphatic heterocycles. The number of ether oxygens (including phenoxy) is 2. The van der Waals surface area contributed by atoms with Crippen molar-refractivity contribution in [3.63, 3.8) is 0 Å². The molecule has 12 heteroatoms. The number of rotatable bonds is 6. The molecular weight excluding hydrogens is 665 g/mol. The van der Waals surface area contributed by atoms with Gasteiger partial charge in [-0.25, -0.2) is 14.2 Å². The number of benzene rings is 2. The van der Waals surface area contributed by atoms with Gasteiger partial charge in [0.05, 0.1) is 46.7 Å². The molecule has 1 unspecified atom stereocenters. The predicted molar refractivity (Wildman–Crippen MR) is 189 cm³/mol. The first kappa shape index (κ1) is 33.2. The number of nitrogens with two attached hydrogens (primary N) is 1. The van der Waals surface area contributed by atoms with Gasteiger partial charge >= 0.3 is 6.09 Å². The number of methoxy groups -OCH3 is 1. The maximum Gasteiger partial charge on any atom is 0.404 e. The Morgan fingerprint density at radius 3 is 2.61 bits per heavy atom. The van der Waals surface area contributed by atoms with Crippen LogP contribution in [0, 0.1) is 11.7 Å². The van der Waals surface area contributed by atoms with E-state index >= 15 is 4.39 Å². The minimum Gasteiger partial charge on any atom is -0.464 e. The summed E-state index contributed by atoms with van der Waals surface area (Å²) in [5.41, 5.74) is 7.95. The van der Waals surface area contributed by atoms with Gasteiger partial charge in [-0.1, -0.05) is 31.9 Å². The molecule has 8 rings (SSSR count). The molecule has 0 bridgehead atoms. The Labute approximate surface area is 293 Å². The number of hydrogen-bond acceptors (Lipinski definition) is 6. The standard InChI is InChI=1S/C35H34ClFN4O2S.C2H5NO2/c1-19(2)13-32(42)40-12-4-7-27(40)34-38-18-25(39-34)21-15-24(37)33-28-16-22-14-23(36)8-9-26(22)41(28)35(43-29(33)17-21)31-11-10-30(44-31)20-5-3-6-20;1-5-2(3)4/h8-11,14-20,27,35H,3-7,12-13H2,1-2H3,(H,38,39);1H3,(H2,3,4)/t27-,35?;/m0./s1. The topological polar surface area (TPSA) is 115 Å². The second-order valence-electron chi connectivity index (χ2n) is 13.3. The SMILES string of the molecule is CC(C)CC(=O)N1CCC[C@H]1c1ncc(-c2cc(F)c3c(c2)OC(c2ccc(C4CCC4)s2)n2c-3cc3cc(Cl)ccc32)[nH]1.COC(N)=O. The third kappa shape index (κ3) is 6.41. The molecule has 0 spiro atoms. The zero-order valence-corrected chi connectivity index (χ0v) is 29.2. The molecule has 3 N–H and O–H groups in total. The summed E-state index contributed by atoms with van der Waals surface area (Å²) in [5.74, 6) is 1.96. The lowest BCUT2D eigenvalue weighted by Crippen LogP contribution is -2.31. The highest BCUT2D eigenvalue weighted by atomic mass is 35.5. The van der Waals surface area contributed by atoms with Gasteiger partial charge in [-0.2, -0.15) is 0 Å². The molecule has 9 nitrogen and oxygen atoms in total. The van der Waals surface area contributed by atoms with Crippen molar-refractivity contribution in [3.05, 3.63) is 81.1 Å². The lowest BCUT2D eigenvalue weighted by molar-refractivity contribution is -0.133. The van der Waals surface area contributed by atoms with Crippen LogP contribution < -0.4 is 10.5 Å². The van der Waals surface area contributed by atoms with Crippen LogP contribution in [0.2, 0.25) is 5.02 Å². The number of likely N-dealkylation sites (tertiary alicyclic amines) is 1. The molecule has 5 aromatic rings. The van der Waals surface area contributed by atoms with E-state index in [2.05, 4.69) is 51.0 Å². The van der Waals surface area contributed by atoms with Crippen LogP contribution in [0.3, 0.4) is 0 Å². The Kier molecular flexibility index (Phi) is 9.15. The molecule has 49 heavy (non-hydrogen) atoms. The van der Waals surface area contributed by atoms with Gasteiger partial charge in [-0.15, -0.1) is 11.3 Å². The van der Waals surface area contributed by atoms with Gasteiger partial charge in [0.1, 0.15) is 17.4 Å². The molecule has 3 aliphatic rings. The summed E-state index contributed by atoms with van der Waals surface area (Å²) in [6.45, 7) is 4.86.